The van der Waals surface area contributed by atoms with Gasteiger partial charge in [0.25, 0.3) is 11.5 Å². The highest BCUT2D eigenvalue weighted by molar-refractivity contribution is 5.97. The number of hydrogen-bond donors (Lipinski definition) is 1. The Hall–Kier alpha value is -4.20. The smallest absolute Gasteiger partial charge is 0.331 e. The zero-order valence-corrected chi connectivity index (χ0v) is 18.2. The van der Waals surface area contributed by atoms with E-state index in [-0.39, 0.29) is 24.4 Å². The predicted octanol–water partition coefficient (Wildman–Crippen LogP) is 2.83. The van der Waals surface area contributed by atoms with E-state index in [4.69, 9.17) is 4.74 Å². The molecule has 0 aliphatic heterocycles. The van der Waals surface area contributed by atoms with Crippen LogP contribution in [-0.4, -0.2) is 22.2 Å². The van der Waals surface area contributed by atoms with Crippen LogP contribution < -0.4 is 21.3 Å². The Morgan fingerprint density at radius 3 is 2.52 bits per heavy atom. The fraction of sp³-hybridized carbons (Fsp3) is 0.160. The van der Waals surface area contributed by atoms with Crippen LogP contribution in [0.5, 0.6) is 5.75 Å². The monoisotopic (exact) mass is 447 g/mol. The number of aromatic nitrogens is 2. The third kappa shape index (κ3) is 4.55. The number of carbonyl (C=O) groups excluding carboxylic acids is 1. The number of hydrogen-bond acceptors (Lipinski definition) is 4. The number of nitrogens with one attached hydrogen (secondary N) is 1. The summed E-state index contributed by atoms with van der Waals surface area (Å²) in [4.78, 5) is 38.6. The van der Waals surface area contributed by atoms with Crippen molar-refractivity contribution in [1.29, 1.82) is 0 Å². The summed E-state index contributed by atoms with van der Waals surface area (Å²) in [7, 11) is 3.12. The van der Waals surface area contributed by atoms with Crippen LogP contribution in [-0.2, 0) is 20.1 Å². The summed E-state index contributed by atoms with van der Waals surface area (Å²) in [6.45, 7) is 0.205. The summed E-state index contributed by atoms with van der Waals surface area (Å²) in [5.74, 6) is -0.120. The largest absolute Gasteiger partial charge is 0.497 e. The van der Waals surface area contributed by atoms with Crippen LogP contribution in [0.15, 0.2) is 76.3 Å². The predicted molar refractivity (Wildman–Crippen MR) is 123 cm³/mol. The maximum Gasteiger partial charge on any atom is 0.331 e. The van der Waals surface area contributed by atoms with Crippen molar-refractivity contribution in [2.75, 3.05) is 7.11 Å². The van der Waals surface area contributed by atoms with Gasteiger partial charge in [0.2, 0.25) is 0 Å². The van der Waals surface area contributed by atoms with Gasteiger partial charge in [-0.2, -0.15) is 0 Å². The van der Waals surface area contributed by atoms with Crippen molar-refractivity contribution in [2.24, 2.45) is 7.05 Å². The van der Waals surface area contributed by atoms with E-state index in [0.29, 0.717) is 22.4 Å². The van der Waals surface area contributed by atoms with Gasteiger partial charge in [-0.1, -0.05) is 24.3 Å². The topological polar surface area (TPSA) is 82.3 Å². The first kappa shape index (κ1) is 22.0. The first-order valence-corrected chi connectivity index (χ1v) is 10.3. The zero-order chi connectivity index (χ0) is 23.5. The Balaban J connectivity index is 1.66. The van der Waals surface area contributed by atoms with Crippen LogP contribution in [0.25, 0.3) is 10.9 Å². The molecule has 0 aliphatic carbocycles. The van der Waals surface area contributed by atoms with Gasteiger partial charge in [-0.3, -0.25) is 18.7 Å². The Morgan fingerprint density at radius 2 is 1.76 bits per heavy atom. The molecular weight excluding hydrogens is 425 g/mol. The Labute approximate surface area is 188 Å². The van der Waals surface area contributed by atoms with Gasteiger partial charge in [0.15, 0.2) is 0 Å². The van der Waals surface area contributed by atoms with E-state index in [9.17, 15) is 18.8 Å². The van der Waals surface area contributed by atoms with Gasteiger partial charge in [-0.05, 0) is 53.6 Å². The van der Waals surface area contributed by atoms with E-state index in [0.717, 1.165) is 10.1 Å². The average Bonchev–Trinajstić information content (AvgIpc) is 2.83. The number of halogens is 1. The van der Waals surface area contributed by atoms with Crippen LogP contribution in [0, 0.1) is 5.82 Å². The molecule has 0 aliphatic rings. The molecule has 0 spiro atoms. The molecule has 4 rings (SSSR count). The van der Waals surface area contributed by atoms with Crippen LogP contribution >= 0.6 is 0 Å². The lowest BCUT2D eigenvalue weighted by Crippen LogP contribution is -2.39. The van der Waals surface area contributed by atoms with E-state index in [1.807, 2.05) is 24.3 Å². The van der Waals surface area contributed by atoms with E-state index in [1.165, 1.54) is 28.8 Å². The quantitative estimate of drug-likeness (QED) is 0.493. The van der Waals surface area contributed by atoms with Crippen LogP contribution in [0.3, 0.4) is 0 Å². The van der Waals surface area contributed by atoms with Gasteiger partial charge < -0.3 is 10.1 Å². The molecule has 33 heavy (non-hydrogen) atoms. The molecule has 0 saturated heterocycles. The Bertz CT molecular complexity index is 1470. The zero-order valence-electron chi connectivity index (χ0n) is 18.2. The minimum Gasteiger partial charge on any atom is -0.497 e. The van der Waals surface area contributed by atoms with Crippen molar-refractivity contribution >= 4 is 16.8 Å². The van der Waals surface area contributed by atoms with Gasteiger partial charge in [-0.15, -0.1) is 0 Å². The number of methoxy groups -OCH3 is 1. The third-order valence-electron chi connectivity index (χ3n) is 5.43. The minimum atomic E-state index is -0.542. The molecule has 7 nitrogen and oxygen atoms in total. The standard InChI is InChI=1S/C25H22FN3O4/c1-28-22-10-9-18(23(30)27-14-16-5-4-8-20(12-16)33-2)13-21(22)24(31)29(25(28)32)15-17-6-3-7-19(26)11-17/h3-13H,14-15H2,1-2H3,(H,27,30). The van der Waals surface area contributed by atoms with Gasteiger partial charge in [0.05, 0.1) is 24.6 Å². The van der Waals surface area contributed by atoms with Crippen LogP contribution in [0.1, 0.15) is 21.5 Å². The lowest BCUT2D eigenvalue weighted by atomic mass is 10.1. The van der Waals surface area contributed by atoms with Crippen molar-refractivity contribution in [3.63, 3.8) is 0 Å². The van der Waals surface area contributed by atoms with Gasteiger partial charge >= 0.3 is 5.69 Å². The highest BCUT2D eigenvalue weighted by atomic mass is 19.1. The lowest BCUT2D eigenvalue weighted by molar-refractivity contribution is 0.0951. The first-order valence-electron chi connectivity index (χ1n) is 10.3. The van der Waals surface area contributed by atoms with Crippen molar-refractivity contribution in [2.45, 2.75) is 13.1 Å². The third-order valence-corrected chi connectivity index (χ3v) is 5.43. The average molecular weight is 447 g/mol. The number of nitrogens with zero attached hydrogens (tertiary/aromatic N) is 2. The molecule has 3 aromatic carbocycles. The fourth-order valence-corrected chi connectivity index (χ4v) is 3.68. The van der Waals surface area contributed by atoms with Gasteiger partial charge in [0.1, 0.15) is 11.6 Å². The van der Waals surface area contributed by atoms with E-state index in [2.05, 4.69) is 5.32 Å². The first-order chi connectivity index (χ1) is 15.9. The van der Waals surface area contributed by atoms with Gasteiger partial charge in [-0.25, -0.2) is 9.18 Å². The molecule has 0 unspecified atom stereocenters. The molecule has 1 amide bonds. The van der Waals surface area contributed by atoms with Crippen molar-refractivity contribution < 1.29 is 13.9 Å². The molecular formula is C25H22FN3O4. The molecule has 1 heterocycles. The van der Waals surface area contributed by atoms with Crippen molar-refractivity contribution in [1.82, 2.24) is 14.5 Å². The Morgan fingerprint density at radius 1 is 1.00 bits per heavy atom. The summed E-state index contributed by atoms with van der Waals surface area (Å²) in [6.07, 6.45) is 0. The molecule has 0 fully saturated rings. The summed E-state index contributed by atoms with van der Waals surface area (Å²) in [5, 5.41) is 3.05. The minimum absolute atomic E-state index is 0.0779. The molecule has 1 N–H and O–H groups in total. The van der Waals surface area contributed by atoms with E-state index in [1.54, 1.807) is 32.4 Å². The molecule has 0 atom stereocenters. The maximum atomic E-state index is 13.6. The van der Waals surface area contributed by atoms with Crippen LogP contribution in [0.2, 0.25) is 0 Å². The molecule has 0 saturated carbocycles. The summed E-state index contributed by atoms with van der Waals surface area (Å²) in [5.41, 5.74) is 0.985. The highest BCUT2D eigenvalue weighted by Gasteiger charge is 2.14. The number of ether oxygens (including phenoxy) is 1. The van der Waals surface area contributed by atoms with E-state index < -0.39 is 17.1 Å². The number of aryl methyl sites for hydroxylation is 1. The van der Waals surface area contributed by atoms with Crippen molar-refractivity contribution in [3.8, 4) is 5.75 Å². The summed E-state index contributed by atoms with van der Waals surface area (Å²) < 4.78 is 21.1. The number of rotatable bonds is 6. The molecule has 4 aromatic rings. The number of fused-ring (bicyclic) bond motifs is 1. The number of carbonyl (C=O) groups is 1. The highest BCUT2D eigenvalue weighted by Crippen LogP contribution is 2.14. The molecule has 0 bridgehead atoms. The normalized spacial score (nSPS) is 10.9. The lowest BCUT2D eigenvalue weighted by Gasteiger charge is -2.12. The summed E-state index contributed by atoms with van der Waals surface area (Å²) in [6, 6.07) is 17.7. The number of benzene rings is 3. The van der Waals surface area contributed by atoms with Crippen molar-refractivity contribution in [3.05, 3.63) is 110 Å². The summed E-state index contributed by atoms with van der Waals surface area (Å²) >= 11 is 0. The second-order valence-corrected chi connectivity index (χ2v) is 7.63. The Kier molecular flexibility index (Phi) is 6.08. The number of amides is 1. The second-order valence-electron chi connectivity index (χ2n) is 7.63. The molecule has 8 heteroatoms. The van der Waals surface area contributed by atoms with Crippen LogP contribution in [0.4, 0.5) is 4.39 Å². The molecule has 1 aromatic heterocycles. The SMILES string of the molecule is COc1cccc(CNC(=O)c2ccc3c(c2)c(=O)n(Cc2cccc(F)c2)c(=O)n3C)c1. The fourth-order valence-electron chi connectivity index (χ4n) is 3.68. The van der Waals surface area contributed by atoms with E-state index >= 15 is 0 Å². The maximum absolute atomic E-state index is 13.6. The molecule has 0 radical (unpaired) electrons. The molecule has 168 valence electrons. The second kappa shape index (κ2) is 9.12. The van der Waals surface area contributed by atoms with Gasteiger partial charge in [0, 0.05) is 19.2 Å².